The third-order valence-electron chi connectivity index (χ3n) is 3.72. The van der Waals surface area contributed by atoms with Gasteiger partial charge in [-0.05, 0) is 52.1 Å². The van der Waals surface area contributed by atoms with Crippen molar-refractivity contribution >= 4 is 0 Å². The predicted octanol–water partition coefficient (Wildman–Crippen LogP) is 4.18. The van der Waals surface area contributed by atoms with Gasteiger partial charge < -0.3 is 4.90 Å². The molecule has 92 valence electrons. The zero-order valence-electron chi connectivity index (χ0n) is 12.1. The van der Waals surface area contributed by atoms with Crippen molar-refractivity contribution < 1.29 is 0 Å². The largest absolute Gasteiger partial charge is 0.304 e. The van der Waals surface area contributed by atoms with Crippen molar-refractivity contribution in [1.82, 2.24) is 4.90 Å². The molecule has 1 nitrogen and oxygen atoms in total. The number of nitrogens with zero attached hydrogens (tertiary/aromatic N) is 1. The Kier molecular flexibility index (Phi) is 5.32. The molecule has 0 saturated heterocycles. The molecule has 0 aliphatic carbocycles. The predicted molar refractivity (Wildman–Crippen MR) is 70.2 cm³/mol. The Labute approximate surface area is 97.2 Å². The van der Waals surface area contributed by atoms with Gasteiger partial charge in [0.2, 0.25) is 0 Å². The molecule has 0 bridgehead atoms. The lowest BCUT2D eigenvalue weighted by Crippen LogP contribution is -2.42. The number of rotatable bonds is 6. The van der Waals surface area contributed by atoms with Crippen molar-refractivity contribution in [2.75, 3.05) is 14.1 Å². The van der Waals surface area contributed by atoms with E-state index in [0.29, 0.717) is 11.0 Å². The Balaban J connectivity index is 4.36. The molecule has 0 aromatic carbocycles. The highest BCUT2D eigenvalue weighted by atomic mass is 15.1. The molecule has 15 heavy (non-hydrogen) atoms. The van der Waals surface area contributed by atoms with Crippen LogP contribution in [0.5, 0.6) is 0 Å². The second kappa shape index (κ2) is 5.34. The maximum absolute atomic E-state index is 2.41. The summed E-state index contributed by atoms with van der Waals surface area (Å²) >= 11 is 0. The lowest BCUT2D eigenvalue weighted by molar-refractivity contribution is 0.105. The first-order chi connectivity index (χ1) is 6.60. The van der Waals surface area contributed by atoms with Gasteiger partial charge in [-0.25, -0.2) is 0 Å². The Morgan fingerprint density at radius 3 is 1.87 bits per heavy atom. The molecule has 0 N–H and O–H groups in total. The Morgan fingerprint density at radius 2 is 1.53 bits per heavy atom. The SMILES string of the molecule is CCC(C)CC(C)(C)CC(C)(C)N(C)C. The van der Waals surface area contributed by atoms with Crippen LogP contribution in [0.15, 0.2) is 0 Å². The van der Waals surface area contributed by atoms with E-state index in [-0.39, 0.29) is 0 Å². The van der Waals surface area contributed by atoms with E-state index in [2.05, 4.69) is 60.5 Å². The van der Waals surface area contributed by atoms with Crippen LogP contribution in [0.2, 0.25) is 0 Å². The van der Waals surface area contributed by atoms with Crippen LogP contribution in [0.4, 0.5) is 0 Å². The molecular weight excluding hydrogens is 182 g/mol. The first kappa shape index (κ1) is 15.0. The van der Waals surface area contributed by atoms with E-state index in [4.69, 9.17) is 0 Å². The quantitative estimate of drug-likeness (QED) is 0.640. The van der Waals surface area contributed by atoms with Crippen LogP contribution >= 0.6 is 0 Å². The van der Waals surface area contributed by atoms with Gasteiger partial charge in [0.05, 0.1) is 0 Å². The summed E-state index contributed by atoms with van der Waals surface area (Å²) in [6.45, 7) is 14.1. The van der Waals surface area contributed by atoms with Gasteiger partial charge in [-0.1, -0.05) is 34.1 Å². The van der Waals surface area contributed by atoms with Gasteiger partial charge in [-0.3, -0.25) is 0 Å². The maximum atomic E-state index is 2.41. The molecule has 0 aromatic rings. The Bertz CT molecular complexity index is 180. The fourth-order valence-electron chi connectivity index (χ4n) is 2.49. The molecule has 0 fully saturated rings. The minimum atomic E-state index is 0.303. The molecular formula is C14H31N. The zero-order chi connectivity index (χ0) is 12.3. The molecule has 0 amide bonds. The van der Waals surface area contributed by atoms with E-state index >= 15 is 0 Å². The molecule has 0 aromatic heterocycles. The first-order valence-corrected chi connectivity index (χ1v) is 6.28. The topological polar surface area (TPSA) is 3.24 Å². The van der Waals surface area contributed by atoms with E-state index in [1.807, 2.05) is 0 Å². The van der Waals surface area contributed by atoms with Crippen LogP contribution < -0.4 is 0 Å². The van der Waals surface area contributed by atoms with E-state index in [1.165, 1.54) is 19.3 Å². The smallest absolute Gasteiger partial charge is 0.0152 e. The standard InChI is InChI=1S/C14H31N/c1-9-12(2)10-13(3,4)11-14(5,6)15(7)8/h12H,9-11H2,1-8H3. The lowest BCUT2D eigenvalue weighted by Gasteiger charge is -2.40. The molecule has 0 radical (unpaired) electrons. The molecule has 0 aliphatic heterocycles. The minimum absolute atomic E-state index is 0.303. The fraction of sp³-hybridized carbons (Fsp3) is 1.00. The number of hydrogen-bond donors (Lipinski definition) is 0. The molecule has 1 unspecified atom stereocenters. The second-order valence-corrected chi connectivity index (χ2v) is 6.77. The average Bonchev–Trinajstić information content (AvgIpc) is 2.00. The van der Waals surface area contributed by atoms with Crippen molar-refractivity contribution in [3.63, 3.8) is 0 Å². The van der Waals surface area contributed by atoms with E-state index < -0.39 is 0 Å². The second-order valence-electron chi connectivity index (χ2n) is 6.77. The monoisotopic (exact) mass is 213 g/mol. The minimum Gasteiger partial charge on any atom is -0.304 e. The van der Waals surface area contributed by atoms with Gasteiger partial charge in [0.25, 0.3) is 0 Å². The van der Waals surface area contributed by atoms with Gasteiger partial charge in [0, 0.05) is 5.54 Å². The first-order valence-electron chi connectivity index (χ1n) is 6.28. The van der Waals surface area contributed by atoms with E-state index in [1.54, 1.807) is 0 Å². The van der Waals surface area contributed by atoms with Gasteiger partial charge in [0.15, 0.2) is 0 Å². The van der Waals surface area contributed by atoms with Gasteiger partial charge in [-0.15, -0.1) is 0 Å². The van der Waals surface area contributed by atoms with Crippen molar-refractivity contribution in [3.05, 3.63) is 0 Å². The summed E-state index contributed by atoms with van der Waals surface area (Å²) in [6.07, 6.45) is 3.89. The van der Waals surface area contributed by atoms with Crippen LogP contribution in [0.1, 0.15) is 60.8 Å². The van der Waals surface area contributed by atoms with Gasteiger partial charge in [0.1, 0.15) is 0 Å². The summed E-state index contributed by atoms with van der Waals surface area (Å²) in [5, 5.41) is 0. The molecule has 0 rings (SSSR count). The van der Waals surface area contributed by atoms with Gasteiger partial charge >= 0.3 is 0 Å². The lowest BCUT2D eigenvalue weighted by atomic mass is 9.74. The van der Waals surface area contributed by atoms with Crippen molar-refractivity contribution in [2.45, 2.75) is 66.3 Å². The molecule has 0 saturated carbocycles. The molecule has 0 aliphatic rings. The van der Waals surface area contributed by atoms with Crippen LogP contribution in [-0.2, 0) is 0 Å². The average molecular weight is 213 g/mol. The van der Waals surface area contributed by atoms with Crippen molar-refractivity contribution in [1.29, 1.82) is 0 Å². The highest BCUT2D eigenvalue weighted by Gasteiger charge is 2.30. The van der Waals surface area contributed by atoms with Crippen LogP contribution in [-0.4, -0.2) is 24.5 Å². The summed E-state index contributed by atoms with van der Waals surface area (Å²) in [5.74, 6) is 0.845. The molecule has 0 spiro atoms. The Morgan fingerprint density at radius 1 is 1.07 bits per heavy atom. The van der Waals surface area contributed by atoms with Gasteiger partial charge in [-0.2, -0.15) is 0 Å². The molecule has 0 heterocycles. The normalized spacial score (nSPS) is 15.8. The highest BCUT2D eigenvalue weighted by molar-refractivity contribution is 4.85. The fourth-order valence-corrected chi connectivity index (χ4v) is 2.49. The van der Waals surface area contributed by atoms with Crippen molar-refractivity contribution in [3.8, 4) is 0 Å². The van der Waals surface area contributed by atoms with Crippen LogP contribution in [0, 0.1) is 11.3 Å². The Hall–Kier alpha value is -0.0400. The number of hydrogen-bond acceptors (Lipinski definition) is 1. The van der Waals surface area contributed by atoms with Crippen LogP contribution in [0.25, 0.3) is 0 Å². The summed E-state index contributed by atoms with van der Waals surface area (Å²) in [5.41, 5.74) is 0.750. The molecule has 1 atom stereocenters. The highest BCUT2D eigenvalue weighted by Crippen LogP contribution is 2.36. The summed E-state index contributed by atoms with van der Waals surface area (Å²) < 4.78 is 0. The summed E-state index contributed by atoms with van der Waals surface area (Å²) in [4.78, 5) is 2.34. The van der Waals surface area contributed by atoms with E-state index in [0.717, 1.165) is 5.92 Å². The van der Waals surface area contributed by atoms with E-state index in [9.17, 15) is 0 Å². The maximum Gasteiger partial charge on any atom is 0.0152 e. The third kappa shape index (κ3) is 5.55. The van der Waals surface area contributed by atoms with Crippen molar-refractivity contribution in [2.24, 2.45) is 11.3 Å². The summed E-state index contributed by atoms with van der Waals surface area (Å²) in [6, 6.07) is 0. The summed E-state index contributed by atoms with van der Waals surface area (Å²) in [7, 11) is 4.36. The molecule has 1 heteroatoms. The zero-order valence-corrected chi connectivity index (χ0v) is 12.1. The van der Waals surface area contributed by atoms with Crippen LogP contribution in [0.3, 0.4) is 0 Å². The third-order valence-corrected chi connectivity index (χ3v) is 3.72.